The summed E-state index contributed by atoms with van der Waals surface area (Å²) in [5, 5.41) is 9.64. The normalized spacial score (nSPS) is 11.2. The van der Waals surface area contributed by atoms with Crippen molar-refractivity contribution < 1.29 is 0 Å². The summed E-state index contributed by atoms with van der Waals surface area (Å²) in [5.74, 6) is 0.481. The van der Waals surface area contributed by atoms with Crippen LogP contribution in [0.4, 0.5) is 0 Å². The third-order valence-corrected chi connectivity index (χ3v) is 3.29. The second-order valence-corrected chi connectivity index (χ2v) is 4.35. The van der Waals surface area contributed by atoms with Gasteiger partial charge in [-0.25, -0.2) is 4.98 Å². The first-order chi connectivity index (χ1) is 6.09. The Morgan fingerprint density at radius 3 is 2.92 bits per heavy atom. The van der Waals surface area contributed by atoms with Crippen LogP contribution < -0.4 is 0 Å². The van der Waals surface area contributed by atoms with Gasteiger partial charge >= 0.3 is 0 Å². The maximum Gasteiger partial charge on any atom is 0.212 e. The lowest BCUT2D eigenvalue weighted by Crippen LogP contribution is -2.21. The van der Waals surface area contributed by atoms with E-state index < -0.39 is 0 Å². The SMILES string of the molecule is CC(C)(CBr)Cn1ccnc1C#N. The number of nitriles is 1. The fraction of sp³-hybridized carbons (Fsp3) is 0.556. The summed E-state index contributed by atoms with van der Waals surface area (Å²) in [6.07, 6.45) is 3.49. The van der Waals surface area contributed by atoms with Crippen molar-refractivity contribution in [1.29, 1.82) is 5.26 Å². The van der Waals surface area contributed by atoms with E-state index in [1.54, 1.807) is 6.20 Å². The molecular formula is C9H12BrN3. The van der Waals surface area contributed by atoms with Crippen LogP contribution in [0.25, 0.3) is 0 Å². The van der Waals surface area contributed by atoms with Crippen molar-refractivity contribution >= 4 is 15.9 Å². The lowest BCUT2D eigenvalue weighted by Gasteiger charge is -2.22. The molecular weight excluding hydrogens is 230 g/mol. The minimum Gasteiger partial charge on any atom is -0.322 e. The molecule has 0 bridgehead atoms. The van der Waals surface area contributed by atoms with Gasteiger partial charge < -0.3 is 4.57 Å². The molecule has 0 spiro atoms. The predicted octanol–water partition coefficient (Wildman–Crippen LogP) is 2.18. The second-order valence-electron chi connectivity index (χ2n) is 3.79. The molecule has 0 saturated heterocycles. The highest BCUT2D eigenvalue weighted by atomic mass is 79.9. The van der Waals surface area contributed by atoms with Crippen LogP contribution in [-0.4, -0.2) is 14.9 Å². The lowest BCUT2D eigenvalue weighted by atomic mass is 9.97. The van der Waals surface area contributed by atoms with E-state index in [9.17, 15) is 0 Å². The van der Waals surface area contributed by atoms with E-state index in [-0.39, 0.29) is 5.41 Å². The molecule has 1 aromatic rings. The van der Waals surface area contributed by atoms with Crippen LogP contribution in [0.15, 0.2) is 12.4 Å². The molecule has 0 aliphatic carbocycles. The topological polar surface area (TPSA) is 41.6 Å². The summed E-state index contributed by atoms with van der Waals surface area (Å²) in [4.78, 5) is 3.94. The minimum absolute atomic E-state index is 0.145. The van der Waals surface area contributed by atoms with Crippen LogP contribution >= 0.6 is 15.9 Å². The molecule has 0 aliphatic heterocycles. The highest BCUT2D eigenvalue weighted by Crippen LogP contribution is 2.21. The molecule has 13 heavy (non-hydrogen) atoms. The van der Waals surface area contributed by atoms with Gasteiger partial charge in [-0.1, -0.05) is 29.8 Å². The molecule has 1 heterocycles. The van der Waals surface area contributed by atoms with E-state index in [0.717, 1.165) is 11.9 Å². The number of nitrogens with zero attached hydrogens (tertiary/aromatic N) is 3. The van der Waals surface area contributed by atoms with Gasteiger partial charge in [0.15, 0.2) is 0 Å². The summed E-state index contributed by atoms with van der Waals surface area (Å²) in [6, 6.07) is 2.06. The number of hydrogen-bond acceptors (Lipinski definition) is 2. The Balaban J connectivity index is 2.81. The van der Waals surface area contributed by atoms with Gasteiger partial charge in [-0.2, -0.15) is 5.26 Å². The fourth-order valence-electron chi connectivity index (χ4n) is 1.05. The molecule has 0 atom stereocenters. The van der Waals surface area contributed by atoms with Crippen molar-refractivity contribution in [2.45, 2.75) is 20.4 Å². The quantitative estimate of drug-likeness (QED) is 0.762. The molecule has 4 heteroatoms. The first kappa shape index (κ1) is 10.3. The van der Waals surface area contributed by atoms with Gasteiger partial charge in [0.25, 0.3) is 0 Å². The monoisotopic (exact) mass is 241 g/mol. The van der Waals surface area contributed by atoms with Crippen molar-refractivity contribution in [1.82, 2.24) is 9.55 Å². The van der Waals surface area contributed by atoms with Gasteiger partial charge in [0.05, 0.1) is 0 Å². The zero-order chi connectivity index (χ0) is 9.90. The van der Waals surface area contributed by atoms with E-state index in [1.807, 2.05) is 10.8 Å². The number of alkyl halides is 1. The summed E-state index contributed by atoms with van der Waals surface area (Å²) >= 11 is 3.45. The van der Waals surface area contributed by atoms with E-state index in [2.05, 4.69) is 40.8 Å². The van der Waals surface area contributed by atoms with E-state index in [0.29, 0.717) is 5.82 Å². The Hall–Kier alpha value is -0.820. The van der Waals surface area contributed by atoms with Crippen LogP contribution in [0, 0.1) is 16.7 Å². The molecule has 0 saturated carbocycles. The van der Waals surface area contributed by atoms with Crippen molar-refractivity contribution in [3.63, 3.8) is 0 Å². The standard InChI is InChI=1S/C9H12BrN3/c1-9(2,6-10)7-13-4-3-12-8(13)5-11/h3-4H,6-7H2,1-2H3. The van der Waals surface area contributed by atoms with Gasteiger partial charge in [0.2, 0.25) is 5.82 Å². The van der Waals surface area contributed by atoms with Gasteiger partial charge in [0, 0.05) is 24.3 Å². The molecule has 3 nitrogen and oxygen atoms in total. The van der Waals surface area contributed by atoms with Crippen LogP contribution in [-0.2, 0) is 6.54 Å². The summed E-state index contributed by atoms with van der Waals surface area (Å²) < 4.78 is 1.88. The van der Waals surface area contributed by atoms with Gasteiger partial charge in [-0.15, -0.1) is 0 Å². The summed E-state index contributed by atoms with van der Waals surface area (Å²) in [6.45, 7) is 5.09. The van der Waals surface area contributed by atoms with E-state index >= 15 is 0 Å². The Labute approximate surface area is 86.5 Å². The Kier molecular flexibility index (Phi) is 3.10. The molecule has 1 aromatic heterocycles. The van der Waals surface area contributed by atoms with Crippen molar-refractivity contribution in [2.24, 2.45) is 5.41 Å². The fourth-order valence-corrected chi connectivity index (χ4v) is 1.23. The van der Waals surface area contributed by atoms with Crippen LogP contribution in [0.5, 0.6) is 0 Å². The van der Waals surface area contributed by atoms with Crippen molar-refractivity contribution in [2.75, 3.05) is 5.33 Å². The van der Waals surface area contributed by atoms with Crippen LogP contribution in [0.1, 0.15) is 19.7 Å². The smallest absolute Gasteiger partial charge is 0.212 e. The highest BCUT2D eigenvalue weighted by molar-refractivity contribution is 9.09. The van der Waals surface area contributed by atoms with Gasteiger partial charge in [0.1, 0.15) is 6.07 Å². The number of hydrogen-bond donors (Lipinski definition) is 0. The third kappa shape index (κ3) is 2.56. The maximum absolute atomic E-state index is 8.73. The molecule has 0 fully saturated rings. The highest BCUT2D eigenvalue weighted by Gasteiger charge is 2.18. The maximum atomic E-state index is 8.73. The number of imidazole rings is 1. The average Bonchev–Trinajstić information content (AvgIpc) is 2.51. The zero-order valence-electron chi connectivity index (χ0n) is 7.79. The number of rotatable bonds is 3. The zero-order valence-corrected chi connectivity index (χ0v) is 9.37. The molecule has 0 aromatic carbocycles. The van der Waals surface area contributed by atoms with Crippen molar-refractivity contribution in [3.8, 4) is 6.07 Å². The number of halogens is 1. The van der Waals surface area contributed by atoms with Crippen LogP contribution in [0.3, 0.4) is 0 Å². The van der Waals surface area contributed by atoms with Crippen molar-refractivity contribution in [3.05, 3.63) is 18.2 Å². The van der Waals surface area contributed by atoms with E-state index in [1.165, 1.54) is 0 Å². The molecule has 0 aliphatic rings. The minimum atomic E-state index is 0.145. The Bertz CT molecular complexity index is 322. The van der Waals surface area contributed by atoms with Crippen LogP contribution in [0.2, 0.25) is 0 Å². The van der Waals surface area contributed by atoms with Gasteiger partial charge in [-0.3, -0.25) is 0 Å². The van der Waals surface area contributed by atoms with E-state index in [4.69, 9.17) is 5.26 Å². The first-order valence-electron chi connectivity index (χ1n) is 4.06. The summed E-state index contributed by atoms with van der Waals surface area (Å²) in [5.41, 5.74) is 0.145. The molecule has 0 N–H and O–H groups in total. The Morgan fingerprint density at radius 2 is 2.38 bits per heavy atom. The lowest BCUT2D eigenvalue weighted by molar-refractivity contribution is 0.353. The Morgan fingerprint density at radius 1 is 1.69 bits per heavy atom. The molecule has 70 valence electrons. The number of aromatic nitrogens is 2. The average molecular weight is 242 g/mol. The second kappa shape index (κ2) is 3.93. The summed E-state index contributed by atoms with van der Waals surface area (Å²) in [7, 11) is 0. The predicted molar refractivity (Wildman–Crippen MR) is 54.5 cm³/mol. The molecule has 1 rings (SSSR count). The van der Waals surface area contributed by atoms with Gasteiger partial charge in [-0.05, 0) is 5.41 Å². The molecule has 0 amide bonds. The largest absolute Gasteiger partial charge is 0.322 e. The molecule has 0 radical (unpaired) electrons. The molecule has 0 unspecified atom stereocenters. The third-order valence-electron chi connectivity index (χ3n) is 1.78. The first-order valence-corrected chi connectivity index (χ1v) is 5.18.